The van der Waals surface area contributed by atoms with Crippen molar-refractivity contribution in [1.82, 2.24) is 0 Å². The first-order chi connectivity index (χ1) is 9.11. The van der Waals surface area contributed by atoms with E-state index < -0.39 is 5.97 Å². The molecule has 2 aromatic rings. The number of carboxylic acids is 1. The Morgan fingerprint density at radius 3 is 2.47 bits per heavy atom. The second kappa shape index (κ2) is 5.67. The van der Waals surface area contributed by atoms with Crippen LogP contribution in [0.3, 0.4) is 0 Å². The number of hydrogen-bond acceptors (Lipinski definition) is 4. The molecule has 2 rings (SSSR count). The topological polar surface area (TPSA) is 72.5 Å². The minimum Gasteiger partial charge on any atom is -0.478 e. The quantitative estimate of drug-likeness (QED) is 0.660. The van der Waals surface area contributed by atoms with Gasteiger partial charge in [0.15, 0.2) is 5.75 Å². The van der Waals surface area contributed by atoms with Crippen LogP contribution in [0.5, 0.6) is 11.5 Å². The molecule has 0 aromatic heterocycles. The molecule has 5 heteroatoms. The first-order valence-corrected chi connectivity index (χ1v) is 6.78. The molecule has 4 nitrogen and oxygen atoms in total. The summed E-state index contributed by atoms with van der Waals surface area (Å²) in [6.45, 7) is 0. The zero-order valence-corrected chi connectivity index (χ0v) is 11.1. The first-order valence-electron chi connectivity index (χ1n) is 5.55. The highest BCUT2D eigenvalue weighted by atomic mass is 32.2. The molecular formula is C14H13NO3S. The van der Waals surface area contributed by atoms with Crippen molar-refractivity contribution in [2.75, 3.05) is 12.0 Å². The van der Waals surface area contributed by atoms with Gasteiger partial charge in [0.2, 0.25) is 0 Å². The third kappa shape index (κ3) is 3.00. The lowest BCUT2D eigenvalue weighted by Gasteiger charge is -2.10. The summed E-state index contributed by atoms with van der Waals surface area (Å²) in [6.07, 6.45) is 1.99. The summed E-state index contributed by atoms with van der Waals surface area (Å²) in [5.74, 6) is -0.107. The van der Waals surface area contributed by atoms with Crippen LogP contribution in [-0.2, 0) is 0 Å². The molecule has 2 aromatic carbocycles. The van der Waals surface area contributed by atoms with E-state index in [0.717, 1.165) is 4.90 Å². The number of rotatable bonds is 4. The Morgan fingerprint density at radius 2 is 1.89 bits per heavy atom. The third-order valence-corrected chi connectivity index (χ3v) is 3.33. The summed E-state index contributed by atoms with van der Waals surface area (Å²) in [5.41, 5.74) is 5.95. The zero-order chi connectivity index (χ0) is 13.8. The van der Waals surface area contributed by atoms with Crippen molar-refractivity contribution in [1.29, 1.82) is 0 Å². The van der Waals surface area contributed by atoms with Crippen molar-refractivity contribution in [3.8, 4) is 11.5 Å². The summed E-state index contributed by atoms with van der Waals surface area (Å²) in [6, 6.07) is 12.2. The normalized spacial score (nSPS) is 10.2. The number of nitrogens with two attached hydrogens (primary N) is 1. The summed E-state index contributed by atoms with van der Waals surface area (Å²) >= 11 is 1.64. The van der Waals surface area contributed by atoms with Crippen LogP contribution in [0, 0.1) is 0 Å². The number of anilines is 1. The highest BCUT2D eigenvalue weighted by Crippen LogP contribution is 2.30. The number of thioether (sulfide) groups is 1. The summed E-state index contributed by atoms with van der Waals surface area (Å²) in [4.78, 5) is 12.1. The van der Waals surface area contributed by atoms with Gasteiger partial charge < -0.3 is 15.6 Å². The monoisotopic (exact) mass is 275 g/mol. The fourth-order valence-corrected chi connectivity index (χ4v) is 2.00. The number of hydrogen-bond donors (Lipinski definition) is 2. The Bertz CT molecular complexity index is 596. The Labute approximate surface area is 115 Å². The SMILES string of the molecule is CSc1ccc(Oc2cccc(C(=O)O)c2N)cc1. The molecule has 0 saturated carbocycles. The molecule has 19 heavy (non-hydrogen) atoms. The number of benzene rings is 2. The van der Waals surface area contributed by atoms with Crippen LogP contribution in [0.1, 0.15) is 10.4 Å². The molecule has 0 radical (unpaired) electrons. The smallest absolute Gasteiger partial charge is 0.337 e. The van der Waals surface area contributed by atoms with E-state index >= 15 is 0 Å². The second-order valence-electron chi connectivity index (χ2n) is 3.80. The molecule has 0 saturated heterocycles. The minimum absolute atomic E-state index is 0.0400. The number of nitrogen functional groups attached to an aromatic ring is 1. The average Bonchev–Trinajstić information content (AvgIpc) is 2.41. The van der Waals surface area contributed by atoms with Gasteiger partial charge in [0.1, 0.15) is 5.75 Å². The van der Waals surface area contributed by atoms with Crippen molar-refractivity contribution in [2.45, 2.75) is 4.90 Å². The van der Waals surface area contributed by atoms with Gasteiger partial charge >= 0.3 is 5.97 Å². The molecule has 0 aliphatic heterocycles. The number of carbonyl (C=O) groups is 1. The molecule has 0 bridgehead atoms. The van der Waals surface area contributed by atoms with Crippen LogP contribution in [-0.4, -0.2) is 17.3 Å². The molecule has 0 spiro atoms. The Kier molecular flexibility index (Phi) is 3.97. The van der Waals surface area contributed by atoms with E-state index in [1.807, 2.05) is 30.5 Å². The van der Waals surface area contributed by atoms with Crippen molar-refractivity contribution in [3.05, 3.63) is 48.0 Å². The third-order valence-electron chi connectivity index (χ3n) is 2.58. The van der Waals surface area contributed by atoms with Crippen LogP contribution in [0.25, 0.3) is 0 Å². The van der Waals surface area contributed by atoms with Crippen LogP contribution in [0.2, 0.25) is 0 Å². The number of aromatic carboxylic acids is 1. The maximum absolute atomic E-state index is 11.0. The molecule has 0 aliphatic rings. The summed E-state index contributed by atoms with van der Waals surface area (Å²) in [5, 5.41) is 8.99. The molecule has 98 valence electrons. The highest BCUT2D eigenvalue weighted by molar-refractivity contribution is 7.98. The minimum atomic E-state index is -1.07. The number of carboxylic acid groups (broad SMARTS) is 1. The van der Waals surface area contributed by atoms with Gasteiger partial charge in [-0.25, -0.2) is 4.79 Å². The lowest BCUT2D eigenvalue weighted by molar-refractivity contribution is 0.0697. The Morgan fingerprint density at radius 1 is 1.21 bits per heavy atom. The van der Waals surface area contributed by atoms with Crippen LogP contribution in [0.15, 0.2) is 47.4 Å². The van der Waals surface area contributed by atoms with Crippen LogP contribution >= 0.6 is 11.8 Å². The first kappa shape index (κ1) is 13.3. The molecule has 0 amide bonds. The predicted molar refractivity (Wildman–Crippen MR) is 76.1 cm³/mol. The summed E-state index contributed by atoms with van der Waals surface area (Å²) < 4.78 is 5.60. The standard InChI is InChI=1S/C14H13NO3S/c1-19-10-7-5-9(6-8-10)18-12-4-2-3-11(13(12)15)14(16)17/h2-8H,15H2,1H3,(H,16,17). The van der Waals surface area contributed by atoms with Gasteiger partial charge in [-0.15, -0.1) is 11.8 Å². The fraction of sp³-hybridized carbons (Fsp3) is 0.0714. The van der Waals surface area contributed by atoms with Gasteiger partial charge in [-0.05, 0) is 42.7 Å². The zero-order valence-electron chi connectivity index (χ0n) is 10.3. The lowest BCUT2D eigenvalue weighted by atomic mass is 10.1. The van der Waals surface area contributed by atoms with E-state index in [1.165, 1.54) is 6.07 Å². The van der Waals surface area contributed by atoms with E-state index in [0.29, 0.717) is 11.5 Å². The van der Waals surface area contributed by atoms with Gasteiger partial charge in [0.05, 0.1) is 11.3 Å². The summed E-state index contributed by atoms with van der Waals surface area (Å²) in [7, 11) is 0. The predicted octanol–water partition coefficient (Wildman–Crippen LogP) is 3.48. The molecule has 0 unspecified atom stereocenters. The maximum Gasteiger partial charge on any atom is 0.337 e. The van der Waals surface area contributed by atoms with Crippen LogP contribution in [0.4, 0.5) is 5.69 Å². The molecule has 0 heterocycles. The average molecular weight is 275 g/mol. The van der Waals surface area contributed by atoms with Gasteiger partial charge in [0.25, 0.3) is 0 Å². The van der Waals surface area contributed by atoms with Crippen LogP contribution < -0.4 is 10.5 Å². The molecule has 0 aliphatic carbocycles. The second-order valence-corrected chi connectivity index (χ2v) is 4.68. The van der Waals surface area contributed by atoms with Gasteiger partial charge in [0, 0.05) is 4.90 Å². The van der Waals surface area contributed by atoms with Crippen molar-refractivity contribution >= 4 is 23.4 Å². The Hall–Kier alpha value is -2.14. The van der Waals surface area contributed by atoms with Crippen molar-refractivity contribution in [2.24, 2.45) is 0 Å². The lowest BCUT2D eigenvalue weighted by Crippen LogP contribution is -2.03. The van der Waals surface area contributed by atoms with E-state index in [1.54, 1.807) is 23.9 Å². The highest BCUT2D eigenvalue weighted by Gasteiger charge is 2.12. The largest absolute Gasteiger partial charge is 0.478 e. The Balaban J connectivity index is 2.27. The number of para-hydroxylation sites is 1. The van der Waals surface area contributed by atoms with Crippen molar-refractivity contribution < 1.29 is 14.6 Å². The molecule has 3 N–H and O–H groups in total. The van der Waals surface area contributed by atoms with E-state index in [2.05, 4.69) is 0 Å². The van der Waals surface area contributed by atoms with Gasteiger partial charge in [-0.2, -0.15) is 0 Å². The fourth-order valence-electron chi connectivity index (χ4n) is 1.59. The van der Waals surface area contributed by atoms with E-state index in [9.17, 15) is 4.79 Å². The molecule has 0 atom stereocenters. The van der Waals surface area contributed by atoms with E-state index in [-0.39, 0.29) is 11.3 Å². The number of ether oxygens (including phenoxy) is 1. The van der Waals surface area contributed by atoms with Gasteiger partial charge in [-0.3, -0.25) is 0 Å². The molecule has 0 fully saturated rings. The maximum atomic E-state index is 11.0. The van der Waals surface area contributed by atoms with E-state index in [4.69, 9.17) is 15.6 Å². The van der Waals surface area contributed by atoms with Gasteiger partial charge in [-0.1, -0.05) is 6.07 Å². The van der Waals surface area contributed by atoms with Crippen molar-refractivity contribution in [3.63, 3.8) is 0 Å². The molecular weight excluding hydrogens is 262 g/mol.